The molecule has 1 fully saturated rings. The standard InChI is InChI=1S/C20H21F2NO2/c1-13(15-3-2-4-17(22)11-15)20(25)23(18-9-10-18)12-19(24)14-5-7-16(21)8-6-14/h2-8,11,13,18-19,24H,9-10,12H2,1H3. The van der Waals surface area contributed by atoms with Gasteiger partial charge in [0.1, 0.15) is 11.6 Å². The number of nitrogens with zero attached hydrogens (tertiary/aromatic N) is 1. The molecular weight excluding hydrogens is 324 g/mol. The van der Waals surface area contributed by atoms with Crippen LogP contribution in [0.1, 0.15) is 42.9 Å². The Morgan fingerprint density at radius 3 is 2.40 bits per heavy atom. The van der Waals surface area contributed by atoms with Crippen LogP contribution in [0, 0.1) is 11.6 Å². The van der Waals surface area contributed by atoms with E-state index < -0.39 is 12.0 Å². The summed E-state index contributed by atoms with van der Waals surface area (Å²) in [5.74, 6) is -1.36. The molecule has 2 aromatic carbocycles. The molecule has 5 heteroatoms. The molecular formula is C20H21F2NO2. The van der Waals surface area contributed by atoms with Gasteiger partial charge in [0.05, 0.1) is 18.6 Å². The van der Waals surface area contributed by atoms with E-state index >= 15 is 0 Å². The fraction of sp³-hybridized carbons (Fsp3) is 0.350. The van der Waals surface area contributed by atoms with Crippen molar-refractivity contribution in [3.63, 3.8) is 0 Å². The number of hydrogen-bond donors (Lipinski definition) is 1. The van der Waals surface area contributed by atoms with Crippen LogP contribution in [0.5, 0.6) is 0 Å². The Hall–Kier alpha value is -2.27. The molecule has 25 heavy (non-hydrogen) atoms. The third-order valence-corrected chi connectivity index (χ3v) is 4.61. The first-order valence-corrected chi connectivity index (χ1v) is 8.45. The van der Waals surface area contributed by atoms with Gasteiger partial charge >= 0.3 is 0 Å². The summed E-state index contributed by atoms with van der Waals surface area (Å²) in [6.45, 7) is 1.89. The maximum atomic E-state index is 13.4. The van der Waals surface area contributed by atoms with Crippen LogP contribution in [0.2, 0.25) is 0 Å². The third kappa shape index (κ3) is 4.23. The highest BCUT2D eigenvalue weighted by atomic mass is 19.1. The minimum atomic E-state index is -0.884. The normalized spacial score (nSPS) is 16.3. The molecule has 2 atom stereocenters. The van der Waals surface area contributed by atoms with Crippen molar-refractivity contribution in [3.05, 3.63) is 71.3 Å². The highest BCUT2D eigenvalue weighted by Gasteiger charge is 2.36. The molecule has 3 nitrogen and oxygen atoms in total. The van der Waals surface area contributed by atoms with Gasteiger partial charge < -0.3 is 10.0 Å². The number of aliphatic hydroxyl groups is 1. The van der Waals surface area contributed by atoms with Gasteiger partial charge in [0.25, 0.3) is 0 Å². The Balaban J connectivity index is 1.74. The lowest BCUT2D eigenvalue weighted by atomic mass is 9.99. The van der Waals surface area contributed by atoms with E-state index in [0.29, 0.717) is 11.1 Å². The van der Waals surface area contributed by atoms with E-state index in [9.17, 15) is 18.7 Å². The van der Waals surface area contributed by atoms with Crippen molar-refractivity contribution in [3.8, 4) is 0 Å². The lowest BCUT2D eigenvalue weighted by Crippen LogP contribution is -2.39. The Morgan fingerprint density at radius 2 is 1.80 bits per heavy atom. The number of amides is 1. The number of aliphatic hydroxyl groups excluding tert-OH is 1. The van der Waals surface area contributed by atoms with Crippen LogP contribution in [0.15, 0.2) is 48.5 Å². The molecule has 0 saturated heterocycles. The smallest absolute Gasteiger partial charge is 0.230 e. The molecule has 0 aromatic heterocycles. The molecule has 0 spiro atoms. The topological polar surface area (TPSA) is 40.5 Å². The number of benzene rings is 2. The molecule has 0 radical (unpaired) electrons. The molecule has 2 unspecified atom stereocenters. The first kappa shape index (κ1) is 17.5. The van der Waals surface area contributed by atoms with Gasteiger partial charge in [0, 0.05) is 6.04 Å². The SMILES string of the molecule is CC(C(=O)N(CC(O)c1ccc(F)cc1)C1CC1)c1cccc(F)c1. The lowest BCUT2D eigenvalue weighted by Gasteiger charge is -2.28. The summed E-state index contributed by atoms with van der Waals surface area (Å²) in [6.07, 6.45) is 0.917. The average Bonchev–Trinajstić information content (AvgIpc) is 3.43. The Morgan fingerprint density at radius 1 is 1.12 bits per heavy atom. The number of carbonyl (C=O) groups excluding carboxylic acids is 1. The zero-order chi connectivity index (χ0) is 18.0. The molecule has 2 aromatic rings. The van der Waals surface area contributed by atoms with Crippen molar-refractivity contribution in [1.82, 2.24) is 4.90 Å². The summed E-state index contributed by atoms with van der Waals surface area (Å²) in [5.41, 5.74) is 1.19. The van der Waals surface area contributed by atoms with Gasteiger partial charge in [-0.2, -0.15) is 0 Å². The summed E-state index contributed by atoms with van der Waals surface area (Å²) in [4.78, 5) is 14.6. The largest absolute Gasteiger partial charge is 0.387 e. The maximum absolute atomic E-state index is 13.4. The molecule has 1 amide bonds. The Bertz CT molecular complexity index is 744. The van der Waals surface area contributed by atoms with E-state index in [1.807, 2.05) is 0 Å². The van der Waals surface area contributed by atoms with E-state index in [0.717, 1.165) is 12.8 Å². The molecule has 1 saturated carbocycles. The van der Waals surface area contributed by atoms with Gasteiger partial charge in [0.2, 0.25) is 5.91 Å². The summed E-state index contributed by atoms with van der Waals surface area (Å²) in [6, 6.07) is 11.8. The third-order valence-electron chi connectivity index (χ3n) is 4.61. The molecule has 0 aliphatic heterocycles. The zero-order valence-electron chi connectivity index (χ0n) is 14.0. The predicted octanol–water partition coefficient (Wildman–Crippen LogP) is 3.79. The first-order valence-electron chi connectivity index (χ1n) is 8.45. The van der Waals surface area contributed by atoms with Gasteiger partial charge in [-0.1, -0.05) is 24.3 Å². The Kier molecular flexibility index (Phi) is 5.13. The van der Waals surface area contributed by atoms with E-state index in [1.54, 1.807) is 24.0 Å². The van der Waals surface area contributed by atoms with Crippen LogP contribution in [0.25, 0.3) is 0 Å². The van der Waals surface area contributed by atoms with Crippen molar-refractivity contribution in [2.45, 2.75) is 37.8 Å². The minimum absolute atomic E-state index is 0.110. The highest BCUT2D eigenvalue weighted by Crippen LogP contribution is 2.32. The summed E-state index contributed by atoms with van der Waals surface area (Å²) < 4.78 is 26.5. The molecule has 132 valence electrons. The molecule has 1 N–H and O–H groups in total. The second-order valence-corrected chi connectivity index (χ2v) is 6.57. The predicted molar refractivity (Wildman–Crippen MR) is 90.9 cm³/mol. The van der Waals surface area contributed by atoms with Crippen molar-refractivity contribution >= 4 is 5.91 Å². The second-order valence-electron chi connectivity index (χ2n) is 6.57. The van der Waals surface area contributed by atoms with Crippen molar-refractivity contribution in [1.29, 1.82) is 0 Å². The van der Waals surface area contributed by atoms with Crippen LogP contribution in [0.4, 0.5) is 8.78 Å². The maximum Gasteiger partial charge on any atom is 0.230 e. The highest BCUT2D eigenvalue weighted by molar-refractivity contribution is 5.84. The van der Waals surface area contributed by atoms with Crippen LogP contribution in [-0.2, 0) is 4.79 Å². The number of hydrogen-bond acceptors (Lipinski definition) is 2. The Labute approximate surface area is 145 Å². The summed E-state index contributed by atoms with van der Waals surface area (Å²) in [7, 11) is 0. The fourth-order valence-corrected chi connectivity index (χ4v) is 2.95. The van der Waals surface area contributed by atoms with Gasteiger partial charge in [-0.3, -0.25) is 4.79 Å². The quantitative estimate of drug-likeness (QED) is 0.865. The summed E-state index contributed by atoms with van der Waals surface area (Å²) in [5, 5.41) is 10.4. The van der Waals surface area contributed by atoms with Gasteiger partial charge in [-0.05, 0) is 55.2 Å². The first-order chi connectivity index (χ1) is 12.0. The van der Waals surface area contributed by atoms with E-state index in [1.165, 1.54) is 36.4 Å². The van der Waals surface area contributed by atoms with Crippen LogP contribution >= 0.6 is 0 Å². The summed E-state index contributed by atoms with van der Waals surface area (Å²) >= 11 is 0. The fourth-order valence-electron chi connectivity index (χ4n) is 2.95. The number of rotatable bonds is 6. The van der Waals surface area contributed by atoms with Crippen LogP contribution in [-0.4, -0.2) is 28.5 Å². The zero-order valence-corrected chi connectivity index (χ0v) is 14.0. The molecule has 0 heterocycles. The van der Waals surface area contributed by atoms with E-state index in [-0.39, 0.29) is 30.1 Å². The molecule has 1 aliphatic carbocycles. The van der Waals surface area contributed by atoms with E-state index in [2.05, 4.69) is 0 Å². The number of halogens is 2. The van der Waals surface area contributed by atoms with Gasteiger partial charge in [-0.15, -0.1) is 0 Å². The van der Waals surface area contributed by atoms with Crippen molar-refractivity contribution in [2.24, 2.45) is 0 Å². The minimum Gasteiger partial charge on any atom is -0.387 e. The van der Waals surface area contributed by atoms with Crippen LogP contribution in [0.3, 0.4) is 0 Å². The van der Waals surface area contributed by atoms with Gasteiger partial charge in [-0.25, -0.2) is 8.78 Å². The van der Waals surface area contributed by atoms with Crippen molar-refractivity contribution < 1.29 is 18.7 Å². The number of carbonyl (C=O) groups is 1. The molecule has 1 aliphatic rings. The second kappa shape index (κ2) is 7.31. The van der Waals surface area contributed by atoms with Crippen molar-refractivity contribution in [2.75, 3.05) is 6.54 Å². The lowest BCUT2D eigenvalue weighted by molar-refractivity contribution is -0.134. The molecule has 3 rings (SSSR count). The molecule has 0 bridgehead atoms. The van der Waals surface area contributed by atoms with E-state index in [4.69, 9.17) is 0 Å². The van der Waals surface area contributed by atoms with Crippen LogP contribution < -0.4 is 0 Å². The average molecular weight is 345 g/mol. The van der Waals surface area contributed by atoms with Gasteiger partial charge in [0.15, 0.2) is 0 Å². The monoisotopic (exact) mass is 345 g/mol.